The van der Waals surface area contributed by atoms with Crippen LogP contribution in [-0.4, -0.2) is 31.6 Å². The normalized spacial score (nSPS) is 31.3. The average molecular weight is 216 g/mol. The summed E-state index contributed by atoms with van der Waals surface area (Å²) in [6, 6.07) is 0. The molecule has 0 radical (unpaired) electrons. The van der Waals surface area contributed by atoms with E-state index in [4.69, 9.17) is 14.2 Å². The van der Waals surface area contributed by atoms with Gasteiger partial charge >= 0.3 is 5.97 Å². The van der Waals surface area contributed by atoms with Crippen LogP contribution in [0.25, 0.3) is 0 Å². The molecule has 4 nitrogen and oxygen atoms in total. The van der Waals surface area contributed by atoms with E-state index in [-0.39, 0.29) is 5.97 Å². The molecule has 1 saturated heterocycles. The largest absolute Gasteiger partial charge is 0.466 e. The van der Waals surface area contributed by atoms with Gasteiger partial charge in [0.15, 0.2) is 5.79 Å². The lowest BCUT2D eigenvalue weighted by Gasteiger charge is -2.36. The van der Waals surface area contributed by atoms with Gasteiger partial charge in [-0.3, -0.25) is 4.79 Å². The monoisotopic (exact) mass is 216 g/mol. The molecule has 0 aromatic rings. The molecular formula is C11H20O4. The summed E-state index contributed by atoms with van der Waals surface area (Å²) >= 11 is 0. The molecule has 0 bridgehead atoms. The summed E-state index contributed by atoms with van der Waals surface area (Å²) in [6.45, 7) is 7.56. The lowest BCUT2D eigenvalue weighted by molar-refractivity contribution is -0.274. The molecule has 1 rings (SSSR count). The maximum absolute atomic E-state index is 11.2. The van der Waals surface area contributed by atoms with Crippen LogP contribution in [0.2, 0.25) is 0 Å². The summed E-state index contributed by atoms with van der Waals surface area (Å²) in [7, 11) is 0. The number of hydrogen-bond donors (Lipinski definition) is 0. The molecule has 1 fully saturated rings. The summed E-state index contributed by atoms with van der Waals surface area (Å²) in [6.07, 6.45) is 0.900. The molecule has 0 aromatic heterocycles. The van der Waals surface area contributed by atoms with Crippen molar-refractivity contribution in [2.24, 2.45) is 5.92 Å². The van der Waals surface area contributed by atoms with Gasteiger partial charge in [-0.05, 0) is 13.8 Å². The Morgan fingerprint density at radius 1 is 1.47 bits per heavy atom. The van der Waals surface area contributed by atoms with Gasteiger partial charge < -0.3 is 14.2 Å². The minimum absolute atomic E-state index is 0.190. The molecule has 88 valence electrons. The number of ether oxygens (including phenoxy) is 3. The van der Waals surface area contributed by atoms with Crippen LogP contribution in [0.3, 0.4) is 0 Å². The molecule has 0 N–H and O–H groups in total. The predicted molar refractivity (Wildman–Crippen MR) is 55.3 cm³/mol. The third-order valence-corrected chi connectivity index (χ3v) is 2.43. The van der Waals surface area contributed by atoms with Crippen LogP contribution >= 0.6 is 0 Å². The second-order valence-electron chi connectivity index (χ2n) is 4.17. The van der Waals surface area contributed by atoms with Gasteiger partial charge in [0.2, 0.25) is 0 Å². The fourth-order valence-corrected chi connectivity index (χ4v) is 1.43. The standard InChI is InChI=1S/C11H20O4/c1-4-13-10(12)5-6-11(3)14-7-9(2)8-15-11/h9H,4-8H2,1-3H3. The Morgan fingerprint density at radius 3 is 2.60 bits per heavy atom. The molecule has 0 unspecified atom stereocenters. The van der Waals surface area contributed by atoms with Crippen molar-refractivity contribution in [3.63, 3.8) is 0 Å². The molecule has 4 heteroatoms. The summed E-state index contributed by atoms with van der Waals surface area (Å²) in [5, 5.41) is 0. The van der Waals surface area contributed by atoms with Crippen molar-refractivity contribution >= 4 is 5.97 Å². The molecule has 0 spiro atoms. The molecule has 0 saturated carbocycles. The van der Waals surface area contributed by atoms with E-state index in [0.29, 0.717) is 38.6 Å². The molecule has 1 aliphatic rings. The van der Waals surface area contributed by atoms with Crippen molar-refractivity contribution in [3.8, 4) is 0 Å². The SMILES string of the molecule is CCOC(=O)CCC1(C)OCC(C)CO1. The molecule has 1 aliphatic heterocycles. The van der Waals surface area contributed by atoms with E-state index in [2.05, 4.69) is 6.92 Å². The van der Waals surface area contributed by atoms with Crippen LogP contribution in [0, 0.1) is 5.92 Å². The van der Waals surface area contributed by atoms with Crippen molar-refractivity contribution in [1.82, 2.24) is 0 Å². The van der Waals surface area contributed by atoms with E-state index < -0.39 is 5.79 Å². The zero-order valence-electron chi connectivity index (χ0n) is 9.75. The smallest absolute Gasteiger partial charge is 0.305 e. The highest BCUT2D eigenvalue weighted by Gasteiger charge is 2.32. The second-order valence-corrected chi connectivity index (χ2v) is 4.17. The fraction of sp³-hybridized carbons (Fsp3) is 0.909. The maximum Gasteiger partial charge on any atom is 0.305 e. The fourth-order valence-electron chi connectivity index (χ4n) is 1.43. The number of rotatable bonds is 4. The van der Waals surface area contributed by atoms with Gasteiger partial charge in [0.25, 0.3) is 0 Å². The van der Waals surface area contributed by atoms with Crippen LogP contribution < -0.4 is 0 Å². The lowest BCUT2D eigenvalue weighted by atomic mass is 10.1. The lowest BCUT2D eigenvalue weighted by Crippen LogP contribution is -2.41. The topological polar surface area (TPSA) is 44.8 Å². The van der Waals surface area contributed by atoms with Crippen LogP contribution in [0.4, 0.5) is 0 Å². The number of carbonyl (C=O) groups excluding carboxylic acids is 1. The Kier molecular flexibility index (Phi) is 4.54. The quantitative estimate of drug-likeness (QED) is 0.671. The van der Waals surface area contributed by atoms with Crippen molar-refractivity contribution in [3.05, 3.63) is 0 Å². The molecule has 15 heavy (non-hydrogen) atoms. The van der Waals surface area contributed by atoms with E-state index >= 15 is 0 Å². The molecule has 0 amide bonds. The Labute approximate surface area is 90.9 Å². The third kappa shape index (κ3) is 4.18. The van der Waals surface area contributed by atoms with Crippen LogP contribution in [0.1, 0.15) is 33.6 Å². The Bertz CT molecular complexity index is 207. The van der Waals surface area contributed by atoms with E-state index in [1.165, 1.54) is 0 Å². The van der Waals surface area contributed by atoms with Crippen molar-refractivity contribution < 1.29 is 19.0 Å². The van der Waals surface area contributed by atoms with Crippen LogP contribution in [0.5, 0.6) is 0 Å². The molecular weight excluding hydrogens is 196 g/mol. The molecule has 0 atom stereocenters. The first kappa shape index (κ1) is 12.5. The summed E-state index contributed by atoms with van der Waals surface area (Å²) in [5.41, 5.74) is 0. The second kappa shape index (κ2) is 5.47. The number of esters is 1. The highest BCUT2D eigenvalue weighted by atomic mass is 16.7. The van der Waals surface area contributed by atoms with Gasteiger partial charge in [-0.2, -0.15) is 0 Å². The first-order valence-electron chi connectivity index (χ1n) is 5.49. The Morgan fingerprint density at radius 2 is 2.07 bits per heavy atom. The van der Waals surface area contributed by atoms with Crippen LogP contribution in [0.15, 0.2) is 0 Å². The first-order chi connectivity index (χ1) is 7.06. The van der Waals surface area contributed by atoms with Crippen molar-refractivity contribution in [2.45, 2.75) is 39.4 Å². The number of hydrogen-bond acceptors (Lipinski definition) is 4. The average Bonchev–Trinajstić information content (AvgIpc) is 2.21. The molecule has 1 heterocycles. The third-order valence-electron chi connectivity index (χ3n) is 2.43. The summed E-state index contributed by atoms with van der Waals surface area (Å²) in [5.74, 6) is -0.371. The molecule has 0 aromatic carbocycles. The first-order valence-corrected chi connectivity index (χ1v) is 5.49. The zero-order valence-corrected chi connectivity index (χ0v) is 9.75. The summed E-state index contributed by atoms with van der Waals surface area (Å²) < 4.78 is 16.0. The van der Waals surface area contributed by atoms with Crippen LogP contribution in [-0.2, 0) is 19.0 Å². The Hall–Kier alpha value is -0.610. The minimum atomic E-state index is -0.612. The van der Waals surface area contributed by atoms with Gasteiger partial charge in [0.05, 0.1) is 26.2 Å². The minimum Gasteiger partial charge on any atom is -0.466 e. The summed E-state index contributed by atoms with van der Waals surface area (Å²) in [4.78, 5) is 11.2. The zero-order chi connectivity index (χ0) is 11.3. The number of carbonyl (C=O) groups is 1. The van der Waals surface area contributed by atoms with Gasteiger partial charge in [-0.25, -0.2) is 0 Å². The van der Waals surface area contributed by atoms with E-state index in [1.807, 2.05) is 6.92 Å². The molecule has 0 aliphatic carbocycles. The van der Waals surface area contributed by atoms with Crippen molar-refractivity contribution in [2.75, 3.05) is 19.8 Å². The van der Waals surface area contributed by atoms with Gasteiger partial charge in [-0.15, -0.1) is 0 Å². The van der Waals surface area contributed by atoms with E-state index in [0.717, 1.165) is 0 Å². The Balaban J connectivity index is 2.27. The van der Waals surface area contributed by atoms with Crippen molar-refractivity contribution in [1.29, 1.82) is 0 Å². The highest BCUT2D eigenvalue weighted by molar-refractivity contribution is 5.69. The highest BCUT2D eigenvalue weighted by Crippen LogP contribution is 2.25. The van der Waals surface area contributed by atoms with Gasteiger partial charge in [-0.1, -0.05) is 6.92 Å². The predicted octanol–water partition coefficient (Wildman–Crippen LogP) is 1.73. The maximum atomic E-state index is 11.2. The van der Waals surface area contributed by atoms with Gasteiger partial charge in [0.1, 0.15) is 0 Å². The van der Waals surface area contributed by atoms with E-state index in [1.54, 1.807) is 6.92 Å². The van der Waals surface area contributed by atoms with Gasteiger partial charge in [0, 0.05) is 12.3 Å². The van der Waals surface area contributed by atoms with E-state index in [9.17, 15) is 4.79 Å².